The molecule has 102 valence electrons. The molecule has 19 heavy (non-hydrogen) atoms. The predicted molar refractivity (Wildman–Crippen MR) is 76.4 cm³/mol. The molecule has 1 aliphatic rings. The summed E-state index contributed by atoms with van der Waals surface area (Å²) in [6, 6.07) is 5.90. The Bertz CT molecular complexity index is 480. The molecule has 0 radical (unpaired) electrons. The van der Waals surface area contributed by atoms with Gasteiger partial charge in [-0.25, -0.2) is 4.52 Å². The molecule has 0 amide bonds. The van der Waals surface area contributed by atoms with Gasteiger partial charge in [0.1, 0.15) is 0 Å². The monoisotopic (exact) mass is 259 g/mol. The van der Waals surface area contributed by atoms with Crippen molar-refractivity contribution in [2.45, 2.75) is 25.7 Å². The lowest BCUT2D eigenvalue weighted by Crippen LogP contribution is -2.30. The quantitative estimate of drug-likeness (QED) is 0.912. The molecule has 0 spiro atoms. The zero-order valence-electron chi connectivity index (χ0n) is 11.3. The van der Waals surface area contributed by atoms with E-state index in [4.69, 9.17) is 0 Å². The van der Waals surface area contributed by atoms with Crippen LogP contribution in [0.2, 0.25) is 0 Å². The summed E-state index contributed by atoms with van der Waals surface area (Å²) in [5, 5.41) is 7.71. The number of fused-ring (bicyclic) bond motifs is 1. The highest BCUT2D eigenvalue weighted by Crippen LogP contribution is 2.09. The van der Waals surface area contributed by atoms with Crippen molar-refractivity contribution in [2.75, 3.05) is 31.5 Å². The van der Waals surface area contributed by atoms with Gasteiger partial charge in [-0.3, -0.25) is 0 Å². The molecule has 0 unspecified atom stereocenters. The standard InChI is InChI=1S/C14H21N5/c1-2-5-10-18(9-4-1)12-8-15-14-16-13-7-3-6-11-19(13)17-14/h3,6-7,11H,1-2,4-5,8-10,12H2,(H,15,17). The Labute approximate surface area is 113 Å². The van der Waals surface area contributed by atoms with Crippen molar-refractivity contribution in [1.29, 1.82) is 0 Å². The summed E-state index contributed by atoms with van der Waals surface area (Å²) in [7, 11) is 0. The van der Waals surface area contributed by atoms with Gasteiger partial charge < -0.3 is 10.2 Å². The van der Waals surface area contributed by atoms with Crippen LogP contribution in [-0.4, -0.2) is 45.7 Å². The third-order valence-electron chi connectivity index (χ3n) is 3.65. The highest BCUT2D eigenvalue weighted by Gasteiger charge is 2.08. The third kappa shape index (κ3) is 3.23. The number of hydrogen-bond acceptors (Lipinski definition) is 4. The van der Waals surface area contributed by atoms with E-state index in [1.54, 1.807) is 4.52 Å². The number of hydrogen-bond donors (Lipinski definition) is 1. The van der Waals surface area contributed by atoms with E-state index in [1.165, 1.54) is 38.8 Å². The summed E-state index contributed by atoms with van der Waals surface area (Å²) in [5.41, 5.74) is 0.889. The Balaban J connectivity index is 1.51. The lowest BCUT2D eigenvalue weighted by atomic mass is 10.2. The lowest BCUT2D eigenvalue weighted by Gasteiger charge is -2.19. The normalized spacial score (nSPS) is 17.5. The number of nitrogens with zero attached hydrogens (tertiary/aromatic N) is 4. The molecule has 5 heteroatoms. The van der Waals surface area contributed by atoms with E-state index < -0.39 is 0 Å². The number of likely N-dealkylation sites (tertiary alicyclic amines) is 1. The fraction of sp³-hybridized carbons (Fsp3) is 0.571. The maximum absolute atomic E-state index is 4.44. The molecule has 5 nitrogen and oxygen atoms in total. The Hall–Kier alpha value is -1.62. The van der Waals surface area contributed by atoms with Crippen LogP contribution < -0.4 is 5.32 Å². The van der Waals surface area contributed by atoms with E-state index in [9.17, 15) is 0 Å². The first-order chi connectivity index (χ1) is 9.42. The Kier molecular flexibility index (Phi) is 3.93. The van der Waals surface area contributed by atoms with Crippen LogP contribution in [0, 0.1) is 0 Å². The molecule has 2 aromatic heterocycles. The summed E-state index contributed by atoms with van der Waals surface area (Å²) in [6.45, 7) is 4.47. The van der Waals surface area contributed by atoms with Crippen molar-refractivity contribution in [1.82, 2.24) is 19.5 Å². The summed E-state index contributed by atoms with van der Waals surface area (Å²) in [5.74, 6) is 0.723. The van der Waals surface area contributed by atoms with Crippen LogP contribution in [0.15, 0.2) is 24.4 Å². The Morgan fingerprint density at radius 1 is 1.11 bits per heavy atom. The summed E-state index contributed by atoms with van der Waals surface area (Å²) < 4.78 is 1.80. The number of anilines is 1. The topological polar surface area (TPSA) is 45.5 Å². The van der Waals surface area contributed by atoms with Gasteiger partial charge in [0.05, 0.1) is 0 Å². The highest BCUT2D eigenvalue weighted by atomic mass is 15.3. The van der Waals surface area contributed by atoms with Gasteiger partial charge in [-0.1, -0.05) is 18.9 Å². The first kappa shape index (κ1) is 12.4. The molecule has 1 aliphatic heterocycles. The molecule has 0 aliphatic carbocycles. The average Bonchev–Trinajstić information content (AvgIpc) is 2.66. The van der Waals surface area contributed by atoms with Crippen molar-refractivity contribution in [3.05, 3.63) is 24.4 Å². The van der Waals surface area contributed by atoms with Crippen LogP contribution in [0.1, 0.15) is 25.7 Å². The molecule has 0 bridgehead atoms. The fourth-order valence-electron chi connectivity index (χ4n) is 2.59. The Morgan fingerprint density at radius 2 is 1.95 bits per heavy atom. The average molecular weight is 259 g/mol. The van der Waals surface area contributed by atoms with Crippen LogP contribution in [0.25, 0.3) is 5.65 Å². The van der Waals surface area contributed by atoms with Crippen molar-refractivity contribution in [3.8, 4) is 0 Å². The molecule has 3 rings (SSSR count). The maximum Gasteiger partial charge on any atom is 0.243 e. The first-order valence-corrected chi connectivity index (χ1v) is 7.19. The molecular formula is C14H21N5. The van der Waals surface area contributed by atoms with Gasteiger partial charge in [0.25, 0.3) is 0 Å². The third-order valence-corrected chi connectivity index (χ3v) is 3.65. The van der Waals surface area contributed by atoms with Crippen LogP contribution in [0.4, 0.5) is 5.95 Å². The molecule has 1 saturated heterocycles. The van der Waals surface area contributed by atoms with Gasteiger partial charge in [0, 0.05) is 19.3 Å². The summed E-state index contributed by atoms with van der Waals surface area (Å²) in [4.78, 5) is 6.97. The predicted octanol–water partition coefficient (Wildman–Crippen LogP) is 2.02. The number of pyridine rings is 1. The minimum atomic E-state index is 0.723. The van der Waals surface area contributed by atoms with Crippen molar-refractivity contribution in [2.24, 2.45) is 0 Å². The molecule has 0 aromatic carbocycles. The van der Waals surface area contributed by atoms with Gasteiger partial charge in [-0.15, -0.1) is 5.10 Å². The molecule has 0 atom stereocenters. The van der Waals surface area contributed by atoms with Crippen molar-refractivity contribution in [3.63, 3.8) is 0 Å². The smallest absolute Gasteiger partial charge is 0.243 e. The molecule has 0 saturated carbocycles. The summed E-state index contributed by atoms with van der Waals surface area (Å²) >= 11 is 0. The largest absolute Gasteiger partial charge is 0.352 e. The van der Waals surface area contributed by atoms with E-state index in [-0.39, 0.29) is 0 Å². The lowest BCUT2D eigenvalue weighted by molar-refractivity contribution is 0.296. The van der Waals surface area contributed by atoms with Crippen LogP contribution in [0.3, 0.4) is 0 Å². The van der Waals surface area contributed by atoms with Gasteiger partial charge in [-0.05, 0) is 38.1 Å². The minimum Gasteiger partial charge on any atom is -0.352 e. The van der Waals surface area contributed by atoms with Crippen LogP contribution in [0.5, 0.6) is 0 Å². The second kappa shape index (κ2) is 6.02. The van der Waals surface area contributed by atoms with E-state index in [0.717, 1.165) is 24.7 Å². The second-order valence-electron chi connectivity index (χ2n) is 5.12. The van der Waals surface area contributed by atoms with Crippen LogP contribution in [-0.2, 0) is 0 Å². The van der Waals surface area contributed by atoms with Gasteiger partial charge >= 0.3 is 0 Å². The van der Waals surface area contributed by atoms with Gasteiger partial charge in [0.2, 0.25) is 5.95 Å². The highest BCUT2D eigenvalue weighted by molar-refractivity contribution is 5.42. The van der Waals surface area contributed by atoms with Crippen LogP contribution >= 0.6 is 0 Å². The second-order valence-corrected chi connectivity index (χ2v) is 5.12. The van der Waals surface area contributed by atoms with E-state index in [0.29, 0.717) is 0 Å². The van der Waals surface area contributed by atoms with E-state index >= 15 is 0 Å². The molecule has 3 heterocycles. The fourth-order valence-corrected chi connectivity index (χ4v) is 2.59. The molecular weight excluding hydrogens is 238 g/mol. The van der Waals surface area contributed by atoms with Crippen molar-refractivity contribution >= 4 is 11.6 Å². The van der Waals surface area contributed by atoms with Gasteiger partial charge in [0.15, 0.2) is 5.65 Å². The maximum atomic E-state index is 4.44. The number of aromatic nitrogens is 3. The number of rotatable bonds is 4. The van der Waals surface area contributed by atoms with Crippen molar-refractivity contribution < 1.29 is 0 Å². The molecule has 2 aromatic rings. The minimum absolute atomic E-state index is 0.723. The zero-order valence-corrected chi connectivity index (χ0v) is 11.3. The SMILES string of the molecule is c1ccn2nc(NCCN3CCCCCC3)nc2c1. The van der Waals surface area contributed by atoms with E-state index in [2.05, 4.69) is 20.3 Å². The van der Waals surface area contributed by atoms with Gasteiger partial charge in [-0.2, -0.15) is 4.98 Å². The zero-order chi connectivity index (χ0) is 12.9. The first-order valence-electron chi connectivity index (χ1n) is 7.19. The number of nitrogens with one attached hydrogen (secondary N) is 1. The Morgan fingerprint density at radius 3 is 2.74 bits per heavy atom. The molecule has 1 fully saturated rings. The van der Waals surface area contributed by atoms with E-state index in [1.807, 2.05) is 24.4 Å². The summed E-state index contributed by atoms with van der Waals surface area (Å²) in [6.07, 6.45) is 7.37. The molecule has 1 N–H and O–H groups in total.